The minimum atomic E-state index is -0.0193. The number of fused-ring (bicyclic) bond motifs is 1. The number of aryl methyl sites for hydroxylation is 1. The Bertz CT molecular complexity index is 496. The third-order valence-electron chi connectivity index (χ3n) is 3.55. The normalized spacial score (nSPS) is 15.1. The van der Waals surface area contributed by atoms with Crippen LogP contribution in [0.3, 0.4) is 0 Å². The Morgan fingerprint density at radius 3 is 2.85 bits per heavy atom. The maximum absolute atomic E-state index is 11.6. The van der Waals surface area contributed by atoms with Crippen molar-refractivity contribution in [3.63, 3.8) is 0 Å². The first-order chi connectivity index (χ1) is 9.39. The van der Waals surface area contributed by atoms with Crippen LogP contribution in [0.25, 0.3) is 0 Å². The molecule has 0 saturated heterocycles. The van der Waals surface area contributed by atoms with E-state index in [1.165, 1.54) is 0 Å². The summed E-state index contributed by atoms with van der Waals surface area (Å²) < 4.78 is 0. The summed E-state index contributed by atoms with van der Waals surface area (Å²) in [6, 6.07) is 0. The first-order valence-electron chi connectivity index (χ1n) is 7.06. The average Bonchev–Trinajstić information content (AvgIpc) is 2.42. The lowest BCUT2D eigenvalue weighted by atomic mass is 9.90. The second kappa shape index (κ2) is 6.08. The molecule has 0 aromatic carbocycles. The predicted octanol–water partition coefficient (Wildman–Crippen LogP) is 2.58. The van der Waals surface area contributed by atoms with Crippen LogP contribution in [0.4, 0.5) is 0 Å². The molecule has 0 atom stereocenters. The van der Waals surface area contributed by atoms with Crippen LogP contribution in [0.5, 0.6) is 0 Å². The van der Waals surface area contributed by atoms with Crippen LogP contribution in [-0.4, -0.2) is 33.2 Å². The highest BCUT2D eigenvalue weighted by molar-refractivity contribution is 6.27. The average molecular weight is 296 g/mol. The lowest BCUT2D eigenvalue weighted by molar-refractivity contribution is -0.129. The van der Waals surface area contributed by atoms with Crippen molar-refractivity contribution in [2.45, 2.75) is 46.6 Å². The number of carbonyl (C=O) groups is 1. The molecule has 1 aromatic rings. The lowest BCUT2D eigenvalue weighted by Crippen LogP contribution is -2.37. The van der Waals surface area contributed by atoms with Crippen LogP contribution in [-0.2, 0) is 24.2 Å². The van der Waals surface area contributed by atoms with E-state index in [4.69, 9.17) is 11.6 Å². The molecular weight excluding hydrogens is 274 g/mol. The van der Waals surface area contributed by atoms with Crippen molar-refractivity contribution in [2.24, 2.45) is 5.41 Å². The molecule has 1 amide bonds. The quantitative estimate of drug-likeness (QED) is 0.805. The molecule has 0 saturated carbocycles. The molecule has 0 radical (unpaired) electrons. The zero-order valence-corrected chi connectivity index (χ0v) is 13.2. The highest BCUT2D eigenvalue weighted by atomic mass is 35.5. The summed E-state index contributed by atoms with van der Waals surface area (Å²) in [5.41, 5.74) is 2.43. The van der Waals surface area contributed by atoms with Crippen LogP contribution >= 0.6 is 11.6 Å². The van der Waals surface area contributed by atoms with Crippen LogP contribution in [0, 0.1) is 5.41 Å². The zero-order valence-electron chi connectivity index (χ0n) is 12.4. The molecular formula is C15H22ClN3O. The standard InChI is InChI=1S/C15H22ClN3O/c1-15(2,3)6-4-13-17-9-11-10-19(14(20)8-16)7-5-12(11)18-13/h9H,4-8,10H2,1-3H3. The van der Waals surface area contributed by atoms with Gasteiger partial charge in [0.1, 0.15) is 11.7 Å². The van der Waals surface area contributed by atoms with E-state index in [0.29, 0.717) is 18.5 Å². The number of rotatable bonds is 3. The van der Waals surface area contributed by atoms with Crippen LogP contribution in [0.2, 0.25) is 0 Å². The summed E-state index contributed by atoms with van der Waals surface area (Å²) in [6.45, 7) is 7.96. The van der Waals surface area contributed by atoms with Gasteiger partial charge in [-0.2, -0.15) is 0 Å². The molecule has 0 spiro atoms. The molecule has 0 aliphatic carbocycles. The van der Waals surface area contributed by atoms with E-state index in [1.807, 2.05) is 6.20 Å². The minimum Gasteiger partial charge on any atom is -0.337 e. The van der Waals surface area contributed by atoms with Gasteiger partial charge in [-0.1, -0.05) is 20.8 Å². The smallest absolute Gasteiger partial charge is 0.237 e. The summed E-state index contributed by atoms with van der Waals surface area (Å²) in [5.74, 6) is 0.935. The second-order valence-corrected chi connectivity index (χ2v) is 6.79. The third-order valence-corrected chi connectivity index (χ3v) is 3.78. The molecule has 2 rings (SSSR count). The largest absolute Gasteiger partial charge is 0.337 e. The molecule has 4 nitrogen and oxygen atoms in total. The molecule has 1 aliphatic rings. The Labute approximate surface area is 125 Å². The number of hydrogen-bond donors (Lipinski definition) is 0. The van der Waals surface area contributed by atoms with Crippen LogP contribution in [0.1, 0.15) is 44.3 Å². The van der Waals surface area contributed by atoms with Gasteiger partial charge in [0.05, 0.1) is 5.69 Å². The Balaban J connectivity index is 2.05. The zero-order chi connectivity index (χ0) is 14.8. The fourth-order valence-electron chi connectivity index (χ4n) is 2.26. The van der Waals surface area contributed by atoms with Gasteiger partial charge in [0.15, 0.2) is 0 Å². The van der Waals surface area contributed by atoms with Gasteiger partial charge in [-0.05, 0) is 11.8 Å². The summed E-state index contributed by atoms with van der Waals surface area (Å²) in [4.78, 5) is 22.5. The molecule has 0 fully saturated rings. The Hall–Kier alpha value is -1.16. The van der Waals surface area contributed by atoms with Gasteiger partial charge in [0, 0.05) is 37.7 Å². The highest BCUT2D eigenvalue weighted by Gasteiger charge is 2.21. The molecule has 0 unspecified atom stereocenters. The Morgan fingerprint density at radius 2 is 2.20 bits per heavy atom. The summed E-state index contributed by atoms with van der Waals surface area (Å²) in [5, 5.41) is 0. The van der Waals surface area contributed by atoms with Gasteiger partial charge in [0.25, 0.3) is 0 Å². The maximum Gasteiger partial charge on any atom is 0.237 e. The molecule has 2 heterocycles. The van der Waals surface area contributed by atoms with Gasteiger partial charge in [0.2, 0.25) is 5.91 Å². The van der Waals surface area contributed by atoms with E-state index >= 15 is 0 Å². The number of hydrogen-bond acceptors (Lipinski definition) is 3. The summed E-state index contributed by atoms with van der Waals surface area (Å²) >= 11 is 5.60. The van der Waals surface area contributed by atoms with E-state index in [2.05, 4.69) is 30.7 Å². The Kier molecular flexibility index (Phi) is 4.63. The fourth-order valence-corrected chi connectivity index (χ4v) is 2.43. The number of alkyl halides is 1. The van der Waals surface area contributed by atoms with Gasteiger partial charge in [-0.25, -0.2) is 9.97 Å². The van der Waals surface area contributed by atoms with Crippen molar-refractivity contribution in [2.75, 3.05) is 12.4 Å². The monoisotopic (exact) mass is 295 g/mol. The summed E-state index contributed by atoms with van der Waals surface area (Å²) in [6.07, 6.45) is 4.64. The van der Waals surface area contributed by atoms with Gasteiger partial charge >= 0.3 is 0 Å². The SMILES string of the molecule is CC(C)(C)CCc1ncc2c(n1)CCN(C(=O)CCl)C2. The van der Waals surface area contributed by atoms with Crippen molar-refractivity contribution < 1.29 is 4.79 Å². The molecule has 5 heteroatoms. The van der Waals surface area contributed by atoms with E-state index < -0.39 is 0 Å². The molecule has 110 valence electrons. The number of carbonyl (C=O) groups excluding carboxylic acids is 1. The molecule has 1 aromatic heterocycles. The highest BCUT2D eigenvalue weighted by Crippen LogP contribution is 2.22. The lowest BCUT2D eigenvalue weighted by Gasteiger charge is -2.27. The van der Waals surface area contributed by atoms with E-state index in [-0.39, 0.29) is 11.8 Å². The topological polar surface area (TPSA) is 46.1 Å². The number of aromatic nitrogens is 2. The maximum atomic E-state index is 11.6. The van der Waals surface area contributed by atoms with Crippen LogP contribution < -0.4 is 0 Å². The molecule has 20 heavy (non-hydrogen) atoms. The molecule has 0 N–H and O–H groups in total. The van der Waals surface area contributed by atoms with Gasteiger partial charge in [-0.3, -0.25) is 4.79 Å². The minimum absolute atomic E-state index is 0.0193. The summed E-state index contributed by atoms with van der Waals surface area (Å²) in [7, 11) is 0. The number of amides is 1. The van der Waals surface area contributed by atoms with E-state index in [0.717, 1.165) is 36.3 Å². The second-order valence-electron chi connectivity index (χ2n) is 6.52. The number of halogens is 1. The van der Waals surface area contributed by atoms with Gasteiger partial charge in [-0.15, -0.1) is 11.6 Å². The van der Waals surface area contributed by atoms with Crippen molar-refractivity contribution in [1.82, 2.24) is 14.9 Å². The fraction of sp³-hybridized carbons (Fsp3) is 0.667. The molecule has 1 aliphatic heterocycles. The first-order valence-corrected chi connectivity index (χ1v) is 7.60. The van der Waals surface area contributed by atoms with E-state index in [9.17, 15) is 4.79 Å². The Morgan fingerprint density at radius 1 is 1.45 bits per heavy atom. The van der Waals surface area contributed by atoms with Crippen molar-refractivity contribution in [3.05, 3.63) is 23.3 Å². The van der Waals surface area contributed by atoms with Gasteiger partial charge < -0.3 is 4.90 Å². The van der Waals surface area contributed by atoms with Crippen LogP contribution in [0.15, 0.2) is 6.20 Å². The number of nitrogens with zero attached hydrogens (tertiary/aromatic N) is 3. The van der Waals surface area contributed by atoms with Crippen molar-refractivity contribution >= 4 is 17.5 Å². The predicted molar refractivity (Wildman–Crippen MR) is 79.6 cm³/mol. The third kappa shape index (κ3) is 3.92. The van der Waals surface area contributed by atoms with Crippen molar-refractivity contribution in [1.29, 1.82) is 0 Å². The first kappa shape index (κ1) is 15.2. The van der Waals surface area contributed by atoms with Crippen molar-refractivity contribution in [3.8, 4) is 0 Å². The molecule has 0 bridgehead atoms. The van der Waals surface area contributed by atoms with E-state index in [1.54, 1.807) is 4.90 Å².